The van der Waals surface area contributed by atoms with Gasteiger partial charge in [0.15, 0.2) is 5.17 Å². The first-order chi connectivity index (χ1) is 13.6. The van der Waals surface area contributed by atoms with E-state index in [0.717, 1.165) is 27.9 Å². The van der Waals surface area contributed by atoms with Gasteiger partial charge in [-0.25, -0.2) is 4.99 Å². The van der Waals surface area contributed by atoms with E-state index < -0.39 is 0 Å². The number of nitrogens with zero attached hydrogens (tertiary/aromatic N) is 1. The summed E-state index contributed by atoms with van der Waals surface area (Å²) in [7, 11) is 0. The van der Waals surface area contributed by atoms with Crippen molar-refractivity contribution in [2.24, 2.45) is 4.99 Å². The SMILES string of the molecule is CCc1ccc(N=C2NC(=O)C(=Cc3ccc(-c4ccc(Br)cc4)o3)S2)cc1. The fraction of sp³-hybridized carbons (Fsp3) is 0.0909. The van der Waals surface area contributed by atoms with Crippen molar-refractivity contribution in [1.82, 2.24) is 5.32 Å². The van der Waals surface area contributed by atoms with Crippen LogP contribution in [0, 0.1) is 0 Å². The van der Waals surface area contributed by atoms with Crippen LogP contribution < -0.4 is 5.32 Å². The second kappa shape index (κ2) is 8.20. The third kappa shape index (κ3) is 4.29. The Bertz CT molecular complexity index is 1070. The van der Waals surface area contributed by atoms with E-state index in [1.165, 1.54) is 17.3 Å². The third-order valence-corrected chi connectivity index (χ3v) is 5.69. The molecule has 1 fully saturated rings. The van der Waals surface area contributed by atoms with Crippen molar-refractivity contribution < 1.29 is 9.21 Å². The Labute approximate surface area is 175 Å². The van der Waals surface area contributed by atoms with Crippen LogP contribution in [0.25, 0.3) is 17.4 Å². The first-order valence-corrected chi connectivity index (χ1v) is 10.5. The molecule has 0 radical (unpaired) electrons. The molecule has 3 aromatic rings. The minimum Gasteiger partial charge on any atom is -0.457 e. The summed E-state index contributed by atoms with van der Waals surface area (Å²) in [6.45, 7) is 2.11. The van der Waals surface area contributed by atoms with E-state index in [0.29, 0.717) is 15.8 Å². The van der Waals surface area contributed by atoms with Gasteiger partial charge in [0, 0.05) is 16.1 Å². The van der Waals surface area contributed by atoms with Crippen LogP contribution in [-0.4, -0.2) is 11.1 Å². The van der Waals surface area contributed by atoms with E-state index in [-0.39, 0.29) is 5.91 Å². The van der Waals surface area contributed by atoms with Crippen molar-refractivity contribution in [3.05, 3.63) is 81.4 Å². The number of carbonyl (C=O) groups is 1. The lowest BCUT2D eigenvalue weighted by atomic mass is 10.2. The predicted molar refractivity (Wildman–Crippen MR) is 118 cm³/mol. The van der Waals surface area contributed by atoms with Crippen LogP contribution in [0.3, 0.4) is 0 Å². The maximum atomic E-state index is 12.3. The second-order valence-electron chi connectivity index (χ2n) is 6.21. The normalized spacial score (nSPS) is 16.7. The number of hydrogen-bond donors (Lipinski definition) is 1. The molecule has 4 nitrogen and oxygen atoms in total. The number of aryl methyl sites for hydroxylation is 1. The summed E-state index contributed by atoms with van der Waals surface area (Å²) in [6, 6.07) is 19.6. The van der Waals surface area contributed by atoms with Crippen LogP contribution in [0.15, 0.2) is 79.5 Å². The standard InChI is InChI=1S/C22H17BrN2O2S/c1-2-14-3-9-17(10-4-14)24-22-25-21(26)20(28-22)13-18-11-12-19(27-18)15-5-7-16(23)8-6-15/h3-13H,2H2,1H3,(H,24,25,26). The number of benzene rings is 2. The number of amidine groups is 1. The van der Waals surface area contributed by atoms with Gasteiger partial charge in [0.2, 0.25) is 0 Å². The molecule has 0 saturated carbocycles. The molecule has 1 aliphatic heterocycles. The number of hydrogen-bond acceptors (Lipinski definition) is 4. The van der Waals surface area contributed by atoms with Crippen LogP contribution >= 0.6 is 27.7 Å². The Morgan fingerprint density at radius 1 is 1.07 bits per heavy atom. The van der Waals surface area contributed by atoms with Crippen molar-refractivity contribution in [3.8, 4) is 11.3 Å². The second-order valence-corrected chi connectivity index (χ2v) is 8.16. The minimum absolute atomic E-state index is 0.171. The van der Waals surface area contributed by atoms with Crippen LogP contribution in [0.2, 0.25) is 0 Å². The topological polar surface area (TPSA) is 54.6 Å². The van der Waals surface area contributed by atoms with Gasteiger partial charge in [0.25, 0.3) is 5.91 Å². The summed E-state index contributed by atoms with van der Waals surface area (Å²) in [4.78, 5) is 17.3. The molecular weight excluding hydrogens is 436 g/mol. The highest BCUT2D eigenvalue weighted by molar-refractivity contribution is 9.10. The molecule has 1 N–H and O–H groups in total. The monoisotopic (exact) mass is 452 g/mol. The largest absolute Gasteiger partial charge is 0.457 e. The van der Waals surface area contributed by atoms with E-state index in [1.807, 2.05) is 60.7 Å². The molecule has 1 amide bonds. The molecule has 0 aliphatic carbocycles. The lowest BCUT2D eigenvalue weighted by Crippen LogP contribution is -2.19. The van der Waals surface area contributed by atoms with Gasteiger partial charge in [-0.3, -0.25) is 4.79 Å². The number of nitrogens with one attached hydrogen (secondary N) is 1. The molecule has 2 heterocycles. The number of halogens is 1. The van der Waals surface area contributed by atoms with Gasteiger partial charge in [0.05, 0.1) is 10.6 Å². The van der Waals surface area contributed by atoms with Gasteiger partial charge in [-0.15, -0.1) is 0 Å². The maximum absolute atomic E-state index is 12.3. The maximum Gasteiger partial charge on any atom is 0.264 e. The lowest BCUT2D eigenvalue weighted by molar-refractivity contribution is -0.115. The number of thioether (sulfide) groups is 1. The van der Waals surface area contributed by atoms with Crippen molar-refractivity contribution >= 4 is 50.5 Å². The Morgan fingerprint density at radius 3 is 2.54 bits per heavy atom. The number of rotatable bonds is 4. The highest BCUT2D eigenvalue weighted by Gasteiger charge is 2.24. The van der Waals surface area contributed by atoms with E-state index >= 15 is 0 Å². The predicted octanol–water partition coefficient (Wildman–Crippen LogP) is 6.16. The van der Waals surface area contributed by atoms with E-state index in [4.69, 9.17) is 4.42 Å². The molecule has 6 heteroatoms. The van der Waals surface area contributed by atoms with Crippen LogP contribution in [0.4, 0.5) is 5.69 Å². The molecule has 0 bridgehead atoms. The first kappa shape index (κ1) is 18.8. The van der Waals surface area contributed by atoms with E-state index in [2.05, 4.69) is 33.2 Å². The van der Waals surface area contributed by atoms with Crippen molar-refractivity contribution in [2.45, 2.75) is 13.3 Å². The van der Waals surface area contributed by atoms with Crippen LogP contribution in [-0.2, 0) is 11.2 Å². The average Bonchev–Trinajstić information content (AvgIpc) is 3.30. The lowest BCUT2D eigenvalue weighted by Gasteiger charge is -1.98. The summed E-state index contributed by atoms with van der Waals surface area (Å²) < 4.78 is 6.89. The quantitative estimate of drug-likeness (QED) is 0.481. The molecule has 0 atom stereocenters. The van der Waals surface area contributed by atoms with Crippen molar-refractivity contribution in [1.29, 1.82) is 0 Å². The molecule has 1 aliphatic rings. The van der Waals surface area contributed by atoms with Gasteiger partial charge in [-0.1, -0.05) is 47.1 Å². The molecule has 0 spiro atoms. The zero-order chi connectivity index (χ0) is 19.5. The van der Waals surface area contributed by atoms with Gasteiger partial charge in [0.1, 0.15) is 11.5 Å². The first-order valence-electron chi connectivity index (χ1n) is 8.85. The summed E-state index contributed by atoms with van der Waals surface area (Å²) in [5.41, 5.74) is 3.05. The third-order valence-electron chi connectivity index (χ3n) is 4.25. The van der Waals surface area contributed by atoms with Gasteiger partial charge >= 0.3 is 0 Å². The zero-order valence-corrected chi connectivity index (χ0v) is 17.5. The van der Waals surface area contributed by atoms with Gasteiger partial charge in [-0.2, -0.15) is 0 Å². The van der Waals surface area contributed by atoms with Crippen LogP contribution in [0.1, 0.15) is 18.2 Å². The molecule has 1 saturated heterocycles. The van der Waals surface area contributed by atoms with Crippen molar-refractivity contribution in [2.75, 3.05) is 0 Å². The molecule has 28 heavy (non-hydrogen) atoms. The Kier molecular flexibility index (Phi) is 5.50. The van der Waals surface area contributed by atoms with E-state index in [9.17, 15) is 4.79 Å². The Hall–Kier alpha value is -2.57. The molecule has 2 aromatic carbocycles. The summed E-state index contributed by atoms with van der Waals surface area (Å²) >= 11 is 4.74. The van der Waals surface area contributed by atoms with Crippen molar-refractivity contribution in [3.63, 3.8) is 0 Å². The molecule has 0 unspecified atom stereocenters. The van der Waals surface area contributed by atoms with Gasteiger partial charge in [-0.05, 0) is 60.1 Å². The van der Waals surface area contributed by atoms with Crippen LogP contribution in [0.5, 0.6) is 0 Å². The molecular formula is C22H17BrN2O2S. The zero-order valence-electron chi connectivity index (χ0n) is 15.1. The fourth-order valence-electron chi connectivity index (χ4n) is 2.73. The number of carbonyl (C=O) groups excluding carboxylic acids is 1. The van der Waals surface area contributed by atoms with Gasteiger partial charge < -0.3 is 9.73 Å². The number of amides is 1. The number of furan rings is 1. The summed E-state index contributed by atoms with van der Waals surface area (Å²) in [6.07, 6.45) is 2.73. The summed E-state index contributed by atoms with van der Waals surface area (Å²) in [5.74, 6) is 1.22. The fourth-order valence-corrected chi connectivity index (χ4v) is 3.82. The minimum atomic E-state index is -0.171. The average molecular weight is 453 g/mol. The molecule has 4 rings (SSSR count). The Balaban J connectivity index is 1.51. The highest BCUT2D eigenvalue weighted by atomic mass is 79.9. The summed E-state index contributed by atoms with van der Waals surface area (Å²) in [5, 5.41) is 3.37. The number of aliphatic imine (C=N–C) groups is 1. The molecule has 140 valence electrons. The van der Waals surface area contributed by atoms with E-state index in [1.54, 1.807) is 6.08 Å². The Morgan fingerprint density at radius 2 is 1.82 bits per heavy atom. The molecule has 1 aromatic heterocycles. The highest BCUT2D eigenvalue weighted by Crippen LogP contribution is 2.30. The smallest absolute Gasteiger partial charge is 0.264 e.